The number of imide groups is 1. The number of fused-ring (bicyclic) bond motifs is 1. The molecule has 1 radical (unpaired) electrons. The van der Waals surface area contributed by atoms with E-state index in [0.29, 0.717) is 4.90 Å². The molecule has 2 amide bonds. The first-order valence-corrected chi connectivity index (χ1v) is 18.4. The molecule has 8 nitrogen and oxygen atoms in total. The van der Waals surface area contributed by atoms with Gasteiger partial charge in [-0.3, -0.25) is 0 Å². The molecule has 50 heavy (non-hydrogen) atoms. The highest BCUT2D eigenvalue weighted by atomic mass is 32.1. The lowest BCUT2D eigenvalue weighted by Crippen LogP contribution is -2.45. The van der Waals surface area contributed by atoms with Gasteiger partial charge in [0.25, 0.3) is 9.04 Å². The molecule has 0 saturated heterocycles. The Bertz CT molecular complexity index is 1750. The van der Waals surface area contributed by atoms with E-state index in [1.165, 1.54) is 5.56 Å². The molecule has 0 spiro atoms. The first-order valence-electron chi connectivity index (χ1n) is 16.1. The van der Waals surface area contributed by atoms with Crippen LogP contribution in [0.4, 0.5) is 27.9 Å². The molecule has 0 fully saturated rings. The average Bonchev–Trinajstić information content (AvgIpc) is 3.40. The van der Waals surface area contributed by atoms with E-state index in [9.17, 15) is 22.8 Å². The number of carbonyl (C=O) groups excluding carboxylic acids is 2. The van der Waals surface area contributed by atoms with Crippen LogP contribution in [0.3, 0.4) is 0 Å². The third kappa shape index (κ3) is 10.6. The molecule has 0 aliphatic heterocycles. The highest BCUT2D eigenvalue weighted by Crippen LogP contribution is 2.38. The summed E-state index contributed by atoms with van der Waals surface area (Å²) in [6.45, 7) is 16.3. The number of rotatable bonds is 9. The van der Waals surface area contributed by atoms with Gasteiger partial charge in [-0.15, -0.1) is 0 Å². The second kappa shape index (κ2) is 15.2. The van der Waals surface area contributed by atoms with Crippen LogP contribution in [-0.2, 0) is 36.8 Å². The lowest BCUT2D eigenvalue weighted by molar-refractivity contribution is -0.137. The van der Waals surface area contributed by atoms with Gasteiger partial charge in [-0.05, 0) is 75.0 Å². The number of amides is 2. The van der Waals surface area contributed by atoms with E-state index in [-0.39, 0.29) is 46.1 Å². The molecule has 0 unspecified atom stereocenters. The molecule has 0 N–H and O–H groups in total. The van der Waals surface area contributed by atoms with Gasteiger partial charge in [0, 0.05) is 5.56 Å². The first-order chi connectivity index (χ1) is 23.1. The van der Waals surface area contributed by atoms with E-state index in [0.717, 1.165) is 33.8 Å². The highest BCUT2D eigenvalue weighted by molar-refractivity contribution is 7.22. The minimum absolute atomic E-state index is 0.00351. The van der Waals surface area contributed by atoms with E-state index in [1.54, 1.807) is 41.5 Å². The van der Waals surface area contributed by atoms with Crippen LogP contribution in [0.25, 0.3) is 10.2 Å². The van der Waals surface area contributed by atoms with Crippen LogP contribution in [0, 0.1) is 0 Å². The summed E-state index contributed by atoms with van der Waals surface area (Å²) >= 11 is 0.741. The number of thiazole rings is 1. The summed E-state index contributed by atoms with van der Waals surface area (Å²) in [5, 5.41) is 1.92. The smallest absolute Gasteiger partial charge is 0.426 e. The molecule has 0 aliphatic carbocycles. The van der Waals surface area contributed by atoms with Crippen molar-refractivity contribution in [1.82, 2.24) is 4.98 Å². The predicted molar refractivity (Wildman–Crippen MR) is 192 cm³/mol. The minimum atomic E-state index is -4.66. The van der Waals surface area contributed by atoms with Gasteiger partial charge in [0.05, 0.1) is 35.6 Å². The molecule has 4 rings (SSSR count). The van der Waals surface area contributed by atoms with Gasteiger partial charge in [-0.1, -0.05) is 86.7 Å². The molecular weight excluding hydrogens is 686 g/mol. The van der Waals surface area contributed by atoms with Crippen LogP contribution in [-0.4, -0.2) is 50.6 Å². The van der Waals surface area contributed by atoms with Gasteiger partial charge < -0.3 is 18.6 Å². The van der Waals surface area contributed by atoms with E-state index in [1.807, 2.05) is 30.3 Å². The second-order valence-electron chi connectivity index (χ2n) is 14.7. The van der Waals surface area contributed by atoms with E-state index in [4.69, 9.17) is 18.6 Å². The van der Waals surface area contributed by atoms with E-state index in [2.05, 4.69) is 50.0 Å². The number of nitrogens with zero attached hydrogens (tertiary/aromatic N) is 2. The minimum Gasteiger partial charge on any atom is -0.443 e. The van der Waals surface area contributed by atoms with Crippen LogP contribution in [0.1, 0.15) is 79.0 Å². The Morgan fingerprint density at radius 3 is 1.84 bits per heavy atom. The van der Waals surface area contributed by atoms with Crippen molar-refractivity contribution in [2.45, 2.75) is 91.7 Å². The number of alkyl halides is 3. The molecule has 0 atom stereocenters. The predicted octanol–water partition coefficient (Wildman–Crippen LogP) is 8.63. The van der Waals surface area contributed by atoms with Gasteiger partial charge in [0.15, 0.2) is 0 Å². The lowest BCUT2D eigenvalue weighted by atomic mass is 9.87. The normalized spacial score (nSPS) is 12.7. The van der Waals surface area contributed by atoms with Crippen molar-refractivity contribution >= 4 is 58.3 Å². The second-order valence-corrected chi connectivity index (χ2v) is 17.8. The van der Waals surface area contributed by atoms with Crippen LogP contribution in [0.2, 0.25) is 0 Å². The molecule has 1 aromatic heterocycles. The van der Waals surface area contributed by atoms with E-state index >= 15 is 0 Å². The Kier molecular flexibility index (Phi) is 11.9. The summed E-state index contributed by atoms with van der Waals surface area (Å²) in [6, 6.07) is 20.2. The van der Waals surface area contributed by atoms with Crippen molar-refractivity contribution in [1.29, 1.82) is 0 Å². The number of aromatic nitrogens is 1. The average molecular weight is 730 g/mol. The van der Waals surface area contributed by atoms with Crippen molar-refractivity contribution in [3.63, 3.8) is 0 Å². The van der Waals surface area contributed by atoms with Crippen LogP contribution in [0.15, 0.2) is 66.7 Å². The molecule has 1 heterocycles. The van der Waals surface area contributed by atoms with Crippen LogP contribution >= 0.6 is 11.3 Å². The van der Waals surface area contributed by atoms with Crippen LogP contribution < -0.4 is 15.3 Å². The maximum atomic E-state index is 14.0. The summed E-state index contributed by atoms with van der Waals surface area (Å²) in [5.41, 5.74) is -1.36. The summed E-state index contributed by atoms with van der Waals surface area (Å²) in [5.74, 6) is 0. The zero-order chi connectivity index (χ0) is 37.1. The fourth-order valence-corrected chi connectivity index (χ4v) is 7.68. The first kappa shape index (κ1) is 39.0. The fraction of sp³-hybridized carbons (Fsp3) is 0.432. The number of halogens is 3. The number of hydrogen-bond donors (Lipinski definition) is 0. The maximum Gasteiger partial charge on any atom is 0.426 e. The third-order valence-electron chi connectivity index (χ3n) is 7.01. The van der Waals surface area contributed by atoms with Gasteiger partial charge in [0.2, 0.25) is 5.13 Å². The summed E-state index contributed by atoms with van der Waals surface area (Å²) in [7, 11) is -1.65. The van der Waals surface area contributed by atoms with Crippen LogP contribution in [0.5, 0.6) is 0 Å². The molecule has 0 bridgehead atoms. The number of hydrogen-bond acceptors (Lipinski definition) is 8. The Morgan fingerprint density at radius 1 is 0.760 bits per heavy atom. The standard InChI is InChI=1S/C37H44F3N2O6SSi/c1-34(2,3)25-15-17-28(18-16-25)50(27-13-11-10-12-14-27)46-20-19-45-23-24-21-26(37(38,39)40)22-29-30(24)41-31(49-29)42(32(43)47-35(4,5)6)33(44)48-36(7,8)9/h10-18,21-22H,19-20,23H2,1-9H3. The maximum absolute atomic E-state index is 14.0. The zero-order valence-corrected chi connectivity index (χ0v) is 31.7. The Balaban J connectivity index is 1.58. The lowest BCUT2D eigenvalue weighted by Gasteiger charge is -2.27. The molecule has 269 valence electrons. The quantitative estimate of drug-likeness (QED) is 0.126. The monoisotopic (exact) mass is 729 g/mol. The summed E-state index contributed by atoms with van der Waals surface area (Å²) in [4.78, 5) is 31.4. The van der Waals surface area contributed by atoms with Crippen molar-refractivity contribution in [3.05, 3.63) is 83.4 Å². The SMILES string of the molecule is CC(C)(C)OC(=O)N(C(=O)OC(C)(C)C)c1nc2c(COCCO[Si](c3ccccc3)c3ccc(C(C)(C)C)cc3)cc(C(F)(F)F)cc2s1. The molecule has 4 aromatic rings. The molecule has 13 heteroatoms. The zero-order valence-electron chi connectivity index (χ0n) is 29.9. The third-order valence-corrected chi connectivity index (χ3v) is 10.2. The van der Waals surface area contributed by atoms with Gasteiger partial charge in [-0.2, -0.15) is 18.1 Å². The Hall–Kier alpha value is -3.78. The Morgan fingerprint density at radius 2 is 1.32 bits per heavy atom. The summed E-state index contributed by atoms with van der Waals surface area (Å²) < 4.78 is 65.2. The highest BCUT2D eigenvalue weighted by Gasteiger charge is 2.36. The molecule has 3 aromatic carbocycles. The van der Waals surface area contributed by atoms with E-state index < -0.39 is 44.2 Å². The van der Waals surface area contributed by atoms with Gasteiger partial charge >= 0.3 is 18.4 Å². The van der Waals surface area contributed by atoms with Crippen molar-refractivity contribution in [2.75, 3.05) is 18.1 Å². The van der Waals surface area contributed by atoms with Gasteiger partial charge in [0.1, 0.15) is 11.2 Å². The summed E-state index contributed by atoms with van der Waals surface area (Å²) in [6.07, 6.45) is -6.80. The van der Waals surface area contributed by atoms with Crippen molar-refractivity contribution in [2.24, 2.45) is 0 Å². The Labute approximate surface area is 297 Å². The number of benzene rings is 3. The number of anilines is 1. The van der Waals surface area contributed by atoms with Gasteiger partial charge in [-0.25, -0.2) is 14.6 Å². The number of carbonyl (C=O) groups is 2. The molecular formula is C37H44F3N2O6SSi. The van der Waals surface area contributed by atoms with Crippen molar-refractivity contribution < 1.29 is 41.4 Å². The largest absolute Gasteiger partial charge is 0.443 e. The molecule has 0 saturated carbocycles. The molecule has 0 aliphatic rings. The number of ether oxygens (including phenoxy) is 3. The fourth-order valence-electron chi connectivity index (χ4n) is 4.73. The van der Waals surface area contributed by atoms with Crippen molar-refractivity contribution in [3.8, 4) is 0 Å². The topological polar surface area (TPSA) is 87.2 Å².